The van der Waals surface area contributed by atoms with Crippen LogP contribution in [-0.4, -0.2) is 14.1 Å². The number of rotatable bonds is 4. The number of hydrogen-bond donors (Lipinski definition) is 1. The van der Waals surface area contributed by atoms with Crippen molar-refractivity contribution in [2.45, 2.75) is 6.54 Å². The van der Waals surface area contributed by atoms with Crippen LogP contribution in [0.1, 0.15) is 4.88 Å². The van der Waals surface area contributed by atoms with Crippen molar-refractivity contribution in [1.82, 2.24) is 0 Å². The molecule has 0 fully saturated rings. The molecule has 2 aromatic rings. The summed E-state index contributed by atoms with van der Waals surface area (Å²) < 4.78 is 1.71. The van der Waals surface area contributed by atoms with Crippen LogP contribution in [0.25, 0.3) is 0 Å². The van der Waals surface area contributed by atoms with Gasteiger partial charge in [0.15, 0.2) is 0 Å². The average Bonchev–Trinajstić information content (AvgIpc) is 2.66. The van der Waals surface area contributed by atoms with Gasteiger partial charge in [-0.25, -0.2) is 0 Å². The van der Waals surface area contributed by atoms with E-state index in [4.69, 9.17) is 23.2 Å². The van der Waals surface area contributed by atoms with E-state index in [0.717, 1.165) is 31.8 Å². The lowest BCUT2D eigenvalue weighted by Gasteiger charge is -2.18. The highest BCUT2D eigenvalue weighted by Crippen LogP contribution is 2.33. The van der Waals surface area contributed by atoms with Gasteiger partial charge in [-0.2, -0.15) is 0 Å². The number of thiophene rings is 1. The minimum Gasteiger partial charge on any atom is -0.378 e. The Kier molecular flexibility index (Phi) is 5.01. The highest BCUT2D eigenvalue weighted by Gasteiger charge is 2.08. The summed E-state index contributed by atoms with van der Waals surface area (Å²) >= 11 is 17.1. The zero-order valence-electron chi connectivity index (χ0n) is 10.5. The molecule has 1 aromatic heterocycles. The molecule has 0 aliphatic rings. The third-order valence-electron chi connectivity index (χ3n) is 2.59. The van der Waals surface area contributed by atoms with Crippen molar-refractivity contribution in [2.75, 3.05) is 24.3 Å². The Morgan fingerprint density at radius 1 is 1.26 bits per heavy atom. The van der Waals surface area contributed by atoms with Crippen molar-refractivity contribution >= 4 is 61.8 Å². The highest BCUT2D eigenvalue weighted by atomic mass is 79.9. The summed E-state index contributed by atoms with van der Waals surface area (Å²) in [5.74, 6) is 0. The van der Waals surface area contributed by atoms with E-state index in [1.165, 1.54) is 4.88 Å². The molecule has 0 spiro atoms. The molecule has 2 nitrogen and oxygen atoms in total. The maximum atomic E-state index is 6.05. The minimum absolute atomic E-state index is 0.719. The molecule has 102 valence electrons. The van der Waals surface area contributed by atoms with Crippen molar-refractivity contribution in [1.29, 1.82) is 0 Å². The molecule has 1 aromatic carbocycles. The molecule has 0 aliphatic carbocycles. The second-order valence-corrected chi connectivity index (χ2v) is 7.27. The van der Waals surface area contributed by atoms with E-state index in [9.17, 15) is 0 Å². The zero-order valence-corrected chi connectivity index (χ0v) is 14.4. The Morgan fingerprint density at radius 3 is 2.58 bits per heavy atom. The van der Waals surface area contributed by atoms with Crippen LogP contribution < -0.4 is 10.2 Å². The lowest BCUT2D eigenvalue weighted by atomic mass is 10.2. The second-order valence-electron chi connectivity index (χ2n) is 4.24. The molecule has 0 aliphatic heterocycles. The molecule has 0 radical (unpaired) electrons. The summed E-state index contributed by atoms with van der Waals surface area (Å²) in [4.78, 5) is 3.22. The molecular formula is C13H13BrCl2N2S. The predicted molar refractivity (Wildman–Crippen MR) is 90.1 cm³/mol. The topological polar surface area (TPSA) is 15.3 Å². The van der Waals surface area contributed by atoms with Crippen LogP contribution in [0.4, 0.5) is 11.4 Å². The molecule has 0 saturated heterocycles. The second kappa shape index (κ2) is 6.35. The smallest absolute Gasteiger partial charge is 0.107 e. The van der Waals surface area contributed by atoms with E-state index in [2.05, 4.69) is 26.1 Å². The standard InChI is InChI=1S/C13H13BrCl2N2S/c1-18(2)12-4-3-8(15)5-11(12)17-7-9-6-10(14)13(16)19-9/h3-6,17H,7H2,1-2H3. The molecule has 0 saturated carbocycles. The number of benzene rings is 1. The van der Waals surface area contributed by atoms with Crippen LogP contribution >= 0.6 is 50.5 Å². The van der Waals surface area contributed by atoms with Crippen molar-refractivity contribution in [2.24, 2.45) is 0 Å². The number of nitrogens with one attached hydrogen (secondary N) is 1. The third kappa shape index (κ3) is 3.78. The van der Waals surface area contributed by atoms with Gasteiger partial charge in [-0.1, -0.05) is 23.2 Å². The van der Waals surface area contributed by atoms with Crippen LogP contribution in [0.5, 0.6) is 0 Å². The minimum atomic E-state index is 0.719. The summed E-state index contributed by atoms with van der Waals surface area (Å²) in [5.41, 5.74) is 2.12. The maximum Gasteiger partial charge on any atom is 0.107 e. The molecule has 0 unspecified atom stereocenters. The SMILES string of the molecule is CN(C)c1ccc(Cl)cc1NCc1cc(Br)c(Cl)s1. The maximum absolute atomic E-state index is 6.05. The first-order valence-electron chi connectivity index (χ1n) is 5.62. The monoisotopic (exact) mass is 378 g/mol. The van der Waals surface area contributed by atoms with E-state index >= 15 is 0 Å². The van der Waals surface area contributed by atoms with Crippen LogP contribution in [0, 0.1) is 0 Å². The van der Waals surface area contributed by atoms with Gasteiger partial charge in [0, 0.05) is 35.0 Å². The Hall–Kier alpha value is -0.420. The summed E-state index contributed by atoms with van der Waals surface area (Å²) in [6, 6.07) is 7.85. The van der Waals surface area contributed by atoms with Crippen molar-refractivity contribution in [3.05, 3.63) is 43.0 Å². The van der Waals surface area contributed by atoms with Gasteiger partial charge in [0.1, 0.15) is 4.34 Å². The normalized spacial score (nSPS) is 10.6. The summed E-state index contributed by atoms with van der Waals surface area (Å²) in [7, 11) is 4.01. The molecule has 2 rings (SSSR count). The molecule has 0 amide bonds. The van der Waals surface area contributed by atoms with Crippen molar-refractivity contribution in [3.63, 3.8) is 0 Å². The number of halogens is 3. The van der Waals surface area contributed by atoms with E-state index in [-0.39, 0.29) is 0 Å². The van der Waals surface area contributed by atoms with Crippen molar-refractivity contribution < 1.29 is 0 Å². The fourth-order valence-corrected chi connectivity index (χ4v) is 3.60. The zero-order chi connectivity index (χ0) is 14.0. The van der Waals surface area contributed by atoms with E-state index in [0.29, 0.717) is 0 Å². The third-order valence-corrected chi connectivity index (χ3v) is 5.30. The van der Waals surface area contributed by atoms with Gasteiger partial charge < -0.3 is 10.2 Å². The molecular weight excluding hydrogens is 367 g/mol. The molecule has 0 bridgehead atoms. The van der Waals surface area contributed by atoms with E-state index in [1.807, 2.05) is 38.4 Å². The van der Waals surface area contributed by atoms with Gasteiger partial charge in [-0.05, 0) is 40.2 Å². The van der Waals surface area contributed by atoms with Crippen LogP contribution in [-0.2, 0) is 6.54 Å². The largest absolute Gasteiger partial charge is 0.378 e. The lowest BCUT2D eigenvalue weighted by Crippen LogP contribution is -2.11. The van der Waals surface area contributed by atoms with Crippen LogP contribution in [0.3, 0.4) is 0 Å². The lowest BCUT2D eigenvalue weighted by molar-refractivity contribution is 1.11. The first-order valence-corrected chi connectivity index (χ1v) is 7.98. The molecule has 1 N–H and O–H groups in total. The highest BCUT2D eigenvalue weighted by molar-refractivity contribution is 9.10. The molecule has 19 heavy (non-hydrogen) atoms. The first kappa shape index (κ1) is 15.0. The number of anilines is 2. The molecule has 6 heteroatoms. The fourth-order valence-electron chi connectivity index (χ4n) is 1.70. The summed E-state index contributed by atoms with van der Waals surface area (Å²) in [6.45, 7) is 0.719. The van der Waals surface area contributed by atoms with Gasteiger partial charge in [0.05, 0.1) is 11.4 Å². The van der Waals surface area contributed by atoms with Gasteiger partial charge in [-0.15, -0.1) is 11.3 Å². The van der Waals surface area contributed by atoms with E-state index in [1.54, 1.807) is 11.3 Å². The number of hydrogen-bond acceptors (Lipinski definition) is 3. The number of nitrogens with zero attached hydrogens (tertiary/aromatic N) is 1. The summed E-state index contributed by atoms with van der Waals surface area (Å²) in [6.07, 6.45) is 0. The average molecular weight is 380 g/mol. The Morgan fingerprint density at radius 2 is 2.00 bits per heavy atom. The molecule has 0 atom stereocenters. The quantitative estimate of drug-likeness (QED) is 0.754. The first-order chi connectivity index (χ1) is 8.97. The van der Waals surface area contributed by atoms with Crippen LogP contribution in [0.2, 0.25) is 9.36 Å². The Labute approximate surface area is 135 Å². The van der Waals surface area contributed by atoms with Gasteiger partial charge in [0.2, 0.25) is 0 Å². The van der Waals surface area contributed by atoms with Crippen LogP contribution in [0.15, 0.2) is 28.7 Å². The van der Waals surface area contributed by atoms with Gasteiger partial charge in [-0.3, -0.25) is 0 Å². The Balaban J connectivity index is 2.16. The summed E-state index contributed by atoms with van der Waals surface area (Å²) in [5, 5.41) is 4.12. The van der Waals surface area contributed by atoms with E-state index < -0.39 is 0 Å². The molecule has 1 heterocycles. The van der Waals surface area contributed by atoms with Crippen molar-refractivity contribution in [3.8, 4) is 0 Å². The predicted octanol–water partition coefficient (Wildman–Crippen LogP) is 5.50. The van der Waals surface area contributed by atoms with Gasteiger partial charge in [0.25, 0.3) is 0 Å². The fraction of sp³-hybridized carbons (Fsp3) is 0.231. The van der Waals surface area contributed by atoms with Gasteiger partial charge >= 0.3 is 0 Å². The Bertz CT molecular complexity index is 565.